The van der Waals surface area contributed by atoms with E-state index in [0.29, 0.717) is 6.10 Å². The molecule has 2 aromatic carbocycles. The second-order valence-corrected chi connectivity index (χ2v) is 4.90. The number of rotatable bonds is 3. The highest BCUT2D eigenvalue weighted by Crippen LogP contribution is 2.20. The molecule has 0 bridgehead atoms. The molecule has 0 aliphatic carbocycles. The Hall–Kier alpha value is -1.09. The molecule has 102 valence electrons. The third-order valence-electron chi connectivity index (χ3n) is 3.64. The summed E-state index contributed by atoms with van der Waals surface area (Å²) < 4.78 is 6.04. The summed E-state index contributed by atoms with van der Waals surface area (Å²) in [5.41, 5.74) is 1.30. The average molecular weight is 278 g/mol. The fraction of sp³-hybridized carbons (Fsp3) is 0.375. The summed E-state index contributed by atoms with van der Waals surface area (Å²) in [5.74, 6) is 0. The monoisotopic (exact) mass is 277 g/mol. The largest absolute Gasteiger partial charge is 0.373 e. The van der Waals surface area contributed by atoms with Crippen LogP contribution < -0.4 is 5.32 Å². The van der Waals surface area contributed by atoms with Gasteiger partial charge in [-0.1, -0.05) is 42.5 Å². The van der Waals surface area contributed by atoms with Crippen LogP contribution >= 0.6 is 12.4 Å². The van der Waals surface area contributed by atoms with Gasteiger partial charge >= 0.3 is 0 Å². The van der Waals surface area contributed by atoms with Crippen molar-refractivity contribution in [1.29, 1.82) is 0 Å². The van der Waals surface area contributed by atoms with Crippen LogP contribution in [0.1, 0.15) is 18.4 Å². The van der Waals surface area contributed by atoms with E-state index in [1.165, 1.54) is 16.3 Å². The fourth-order valence-electron chi connectivity index (χ4n) is 2.59. The van der Waals surface area contributed by atoms with Crippen molar-refractivity contribution in [1.82, 2.24) is 5.32 Å². The first-order valence-corrected chi connectivity index (χ1v) is 6.72. The third-order valence-corrected chi connectivity index (χ3v) is 3.64. The minimum Gasteiger partial charge on any atom is -0.373 e. The predicted octanol–water partition coefficient (Wildman–Crippen LogP) is 3.53. The van der Waals surface area contributed by atoms with Crippen LogP contribution in [0.4, 0.5) is 0 Å². The van der Waals surface area contributed by atoms with Crippen molar-refractivity contribution in [2.75, 3.05) is 13.1 Å². The first kappa shape index (κ1) is 14.3. The maximum atomic E-state index is 6.04. The van der Waals surface area contributed by atoms with Crippen LogP contribution in [0.5, 0.6) is 0 Å². The van der Waals surface area contributed by atoms with E-state index in [2.05, 4.69) is 47.8 Å². The summed E-state index contributed by atoms with van der Waals surface area (Å²) in [4.78, 5) is 0. The lowest BCUT2D eigenvalue weighted by atomic mass is 10.0. The molecule has 1 aliphatic heterocycles. The molecule has 1 N–H and O–H groups in total. The molecule has 0 unspecified atom stereocenters. The molecule has 0 radical (unpaired) electrons. The average Bonchev–Trinajstić information content (AvgIpc) is 2.46. The second-order valence-electron chi connectivity index (χ2n) is 4.90. The van der Waals surface area contributed by atoms with Crippen molar-refractivity contribution in [3.8, 4) is 0 Å². The Morgan fingerprint density at radius 2 is 1.74 bits per heavy atom. The van der Waals surface area contributed by atoms with Gasteiger partial charge < -0.3 is 10.1 Å². The Balaban J connectivity index is 0.00000133. The Morgan fingerprint density at radius 1 is 1.00 bits per heavy atom. The summed E-state index contributed by atoms with van der Waals surface area (Å²) in [6, 6.07) is 15.0. The Morgan fingerprint density at radius 3 is 2.58 bits per heavy atom. The summed E-state index contributed by atoms with van der Waals surface area (Å²) in [6.45, 7) is 2.90. The molecule has 0 amide bonds. The van der Waals surface area contributed by atoms with Crippen LogP contribution in [0.15, 0.2) is 42.5 Å². The van der Waals surface area contributed by atoms with Gasteiger partial charge in [0.05, 0.1) is 12.7 Å². The van der Waals surface area contributed by atoms with Crippen molar-refractivity contribution in [3.05, 3.63) is 48.0 Å². The summed E-state index contributed by atoms with van der Waals surface area (Å²) in [5, 5.41) is 5.97. The van der Waals surface area contributed by atoms with E-state index in [1.807, 2.05) is 0 Å². The number of halogens is 1. The van der Waals surface area contributed by atoms with Gasteiger partial charge in [-0.05, 0) is 42.3 Å². The highest BCUT2D eigenvalue weighted by molar-refractivity contribution is 5.85. The van der Waals surface area contributed by atoms with Gasteiger partial charge in [0.2, 0.25) is 0 Å². The van der Waals surface area contributed by atoms with Crippen molar-refractivity contribution in [2.45, 2.75) is 25.6 Å². The molecular formula is C16H20ClNO. The Bertz CT molecular complexity index is 518. The van der Waals surface area contributed by atoms with Crippen LogP contribution in [-0.4, -0.2) is 19.2 Å². The van der Waals surface area contributed by atoms with E-state index in [-0.39, 0.29) is 12.4 Å². The van der Waals surface area contributed by atoms with Crippen LogP contribution in [-0.2, 0) is 11.3 Å². The predicted molar refractivity (Wildman–Crippen MR) is 81.9 cm³/mol. The molecule has 3 rings (SSSR count). The molecule has 1 fully saturated rings. The van der Waals surface area contributed by atoms with Crippen LogP contribution in [0, 0.1) is 0 Å². The van der Waals surface area contributed by atoms with Crippen molar-refractivity contribution < 1.29 is 4.74 Å². The van der Waals surface area contributed by atoms with Crippen molar-refractivity contribution >= 4 is 23.2 Å². The summed E-state index contributed by atoms with van der Waals surface area (Å²) in [7, 11) is 0. The van der Waals surface area contributed by atoms with E-state index in [1.54, 1.807) is 0 Å². The normalized spacial score (nSPS) is 16.2. The van der Waals surface area contributed by atoms with E-state index < -0.39 is 0 Å². The van der Waals surface area contributed by atoms with Gasteiger partial charge in [-0.2, -0.15) is 0 Å². The molecule has 1 heterocycles. The Labute approximate surface area is 120 Å². The standard InChI is InChI=1S/C16H19NO.ClH/c1-2-7-16-13(4-1)5-3-6-14(16)12-18-15-8-10-17-11-9-15;/h1-7,15,17H,8-12H2;1H. The zero-order valence-corrected chi connectivity index (χ0v) is 11.8. The summed E-state index contributed by atoms with van der Waals surface area (Å²) in [6.07, 6.45) is 2.68. The smallest absolute Gasteiger partial charge is 0.0726 e. The molecule has 1 saturated heterocycles. The van der Waals surface area contributed by atoms with Gasteiger partial charge in [0.15, 0.2) is 0 Å². The van der Waals surface area contributed by atoms with E-state index in [0.717, 1.165) is 32.5 Å². The number of ether oxygens (including phenoxy) is 1. The van der Waals surface area contributed by atoms with Crippen molar-refractivity contribution in [3.63, 3.8) is 0 Å². The maximum Gasteiger partial charge on any atom is 0.0726 e. The van der Waals surface area contributed by atoms with Crippen molar-refractivity contribution in [2.24, 2.45) is 0 Å². The minimum atomic E-state index is 0. The van der Waals surface area contributed by atoms with E-state index in [9.17, 15) is 0 Å². The fourth-order valence-corrected chi connectivity index (χ4v) is 2.59. The molecule has 0 spiro atoms. The highest BCUT2D eigenvalue weighted by atomic mass is 35.5. The molecule has 0 saturated carbocycles. The molecule has 0 aromatic heterocycles. The lowest BCUT2D eigenvalue weighted by molar-refractivity contribution is 0.0218. The van der Waals surface area contributed by atoms with Crippen LogP contribution in [0.25, 0.3) is 10.8 Å². The lowest BCUT2D eigenvalue weighted by Crippen LogP contribution is -2.32. The SMILES string of the molecule is Cl.c1ccc2c(COC3CCNCC3)cccc2c1. The van der Waals surface area contributed by atoms with Gasteiger partial charge in [-0.25, -0.2) is 0 Å². The zero-order chi connectivity index (χ0) is 12.2. The highest BCUT2D eigenvalue weighted by Gasteiger charge is 2.13. The third kappa shape index (κ3) is 3.47. The molecule has 1 aliphatic rings. The first-order chi connectivity index (χ1) is 8.93. The Kier molecular flexibility index (Phi) is 5.20. The van der Waals surface area contributed by atoms with Gasteiger partial charge in [-0.15, -0.1) is 12.4 Å². The number of hydrogen-bond acceptors (Lipinski definition) is 2. The van der Waals surface area contributed by atoms with Gasteiger partial charge in [0, 0.05) is 0 Å². The lowest BCUT2D eigenvalue weighted by Gasteiger charge is -2.23. The summed E-state index contributed by atoms with van der Waals surface area (Å²) >= 11 is 0. The molecule has 2 nitrogen and oxygen atoms in total. The van der Waals surface area contributed by atoms with Gasteiger partial charge in [0.25, 0.3) is 0 Å². The van der Waals surface area contributed by atoms with E-state index in [4.69, 9.17) is 4.74 Å². The number of benzene rings is 2. The molecule has 2 aromatic rings. The number of fused-ring (bicyclic) bond motifs is 1. The number of nitrogens with one attached hydrogen (secondary N) is 1. The van der Waals surface area contributed by atoms with Gasteiger partial charge in [-0.3, -0.25) is 0 Å². The van der Waals surface area contributed by atoms with Crippen LogP contribution in [0.3, 0.4) is 0 Å². The zero-order valence-electron chi connectivity index (χ0n) is 11.0. The second kappa shape index (κ2) is 6.90. The minimum absolute atomic E-state index is 0. The topological polar surface area (TPSA) is 21.3 Å². The molecular weight excluding hydrogens is 258 g/mol. The number of piperidine rings is 1. The molecule has 0 atom stereocenters. The quantitative estimate of drug-likeness (QED) is 0.927. The number of hydrogen-bond donors (Lipinski definition) is 1. The van der Waals surface area contributed by atoms with E-state index >= 15 is 0 Å². The first-order valence-electron chi connectivity index (χ1n) is 6.72. The molecule has 3 heteroatoms. The van der Waals surface area contributed by atoms with Crippen LogP contribution in [0.2, 0.25) is 0 Å². The molecule has 19 heavy (non-hydrogen) atoms. The maximum absolute atomic E-state index is 6.04. The van der Waals surface area contributed by atoms with Gasteiger partial charge in [0.1, 0.15) is 0 Å².